The molecule has 0 rings (SSSR count). The third-order valence-electron chi connectivity index (χ3n) is 4.15. The highest BCUT2D eigenvalue weighted by Crippen LogP contribution is 2.14. The van der Waals surface area contributed by atoms with E-state index in [0.717, 1.165) is 18.8 Å². The van der Waals surface area contributed by atoms with Crippen LogP contribution in [0.4, 0.5) is 4.79 Å². The molecular formula is C19H40N2O2. The Hall–Kier alpha value is -0.770. The van der Waals surface area contributed by atoms with Crippen LogP contribution in [0.25, 0.3) is 0 Å². The minimum Gasteiger partial charge on any atom is -0.444 e. The van der Waals surface area contributed by atoms with Gasteiger partial charge in [0.2, 0.25) is 0 Å². The van der Waals surface area contributed by atoms with E-state index in [1.807, 2.05) is 20.8 Å². The van der Waals surface area contributed by atoms with Crippen LogP contribution >= 0.6 is 0 Å². The van der Waals surface area contributed by atoms with E-state index in [1.54, 1.807) is 0 Å². The zero-order chi connectivity index (χ0) is 17.9. The maximum atomic E-state index is 11.9. The first-order chi connectivity index (χ1) is 10.7. The van der Waals surface area contributed by atoms with Gasteiger partial charge in [-0.1, -0.05) is 47.0 Å². The average Bonchev–Trinajstić information content (AvgIpc) is 2.46. The lowest BCUT2D eigenvalue weighted by molar-refractivity contribution is 0.0520. The van der Waals surface area contributed by atoms with Gasteiger partial charge in [0, 0.05) is 18.6 Å². The monoisotopic (exact) mass is 328 g/mol. The zero-order valence-corrected chi connectivity index (χ0v) is 16.5. The van der Waals surface area contributed by atoms with Gasteiger partial charge in [-0.05, 0) is 46.0 Å². The summed E-state index contributed by atoms with van der Waals surface area (Å²) in [4.78, 5) is 11.9. The molecule has 23 heavy (non-hydrogen) atoms. The van der Waals surface area contributed by atoms with Gasteiger partial charge in [0.1, 0.15) is 5.60 Å². The van der Waals surface area contributed by atoms with Crippen molar-refractivity contribution in [1.82, 2.24) is 10.6 Å². The summed E-state index contributed by atoms with van der Waals surface area (Å²) in [6.07, 6.45) is 6.65. The summed E-state index contributed by atoms with van der Waals surface area (Å²) in [5.41, 5.74) is -0.445. The Balaban J connectivity index is 4.46. The summed E-state index contributed by atoms with van der Waals surface area (Å²) in [7, 11) is 0. The molecule has 138 valence electrons. The molecule has 0 aliphatic carbocycles. The molecule has 0 bridgehead atoms. The van der Waals surface area contributed by atoms with Crippen molar-refractivity contribution in [1.29, 1.82) is 0 Å². The molecule has 0 radical (unpaired) electrons. The smallest absolute Gasteiger partial charge is 0.407 e. The Morgan fingerprint density at radius 2 is 1.74 bits per heavy atom. The average molecular weight is 329 g/mol. The number of hydrogen-bond acceptors (Lipinski definition) is 3. The molecular weight excluding hydrogens is 288 g/mol. The van der Waals surface area contributed by atoms with Crippen LogP contribution in [-0.4, -0.2) is 30.3 Å². The van der Waals surface area contributed by atoms with Crippen LogP contribution < -0.4 is 10.6 Å². The van der Waals surface area contributed by atoms with Crippen LogP contribution in [0.3, 0.4) is 0 Å². The minimum atomic E-state index is -0.445. The number of carbonyl (C=O) groups excluding carboxylic acids is 1. The van der Waals surface area contributed by atoms with Gasteiger partial charge in [-0.25, -0.2) is 4.79 Å². The number of rotatable bonds is 11. The summed E-state index contributed by atoms with van der Waals surface area (Å²) < 4.78 is 5.33. The summed E-state index contributed by atoms with van der Waals surface area (Å²) in [5, 5.41) is 6.67. The second-order valence-corrected chi connectivity index (χ2v) is 7.74. The molecule has 0 aliphatic rings. The first-order valence-corrected chi connectivity index (χ1v) is 9.44. The summed E-state index contributed by atoms with van der Waals surface area (Å²) in [5.74, 6) is 0.734. The van der Waals surface area contributed by atoms with Crippen LogP contribution in [0, 0.1) is 5.92 Å². The van der Waals surface area contributed by atoms with E-state index >= 15 is 0 Å². The van der Waals surface area contributed by atoms with Crippen LogP contribution in [0.5, 0.6) is 0 Å². The second kappa shape index (κ2) is 11.7. The molecule has 0 aromatic carbocycles. The van der Waals surface area contributed by atoms with Crippen molar-refractivity contribution in [3.8, 4) is 0 Å². The fourth-order valence-electron chi connectivity index (χ4n) is 2.55. The predicted octanol–water partition coefficient (Wildman–Crippen LogP) is 4.87. The second-order valence-electron chi connectivity index (χ2n) is 7.74. The molecule has 2 N–H and O–H groups in total. The third-order valence-corrected chi connectivity index (χ3v) is 4.15. The number of hydrogen-bond donors (Lipinski definition) is 2. The first kappa shape index (κ1) is 22.2. The topological polar surface area (TPSA) is 50.4 Å². The third kappa shape index (κ3) is 12.3. The number of carbonyl (C=O) groups is 1. The van der Waals surface area contributed by atoms with E-state index in [-0.39, 0.29) is 6.09 Å². The summed E-state index contributed by atoms with van der Waals surface area (Å²) in [6.45, 7) is 15.3. The van der Waals surface area contributed by atoms with E-state index in [2.05, 4.69) is 38.3 Å². The standard InChI is InChI=1S/C19H40N2O2/c1-8-11-12-17(14-20-18(22)23-19(5,6)7)21-16(10-3)13-15(4)9-2/h15-17,21H,8-14H2,1-7H3,(H,20,22). The highest BCUT2D eigenvalue weighted by molar-refractivity contribution is 5.67. The van der Waals surface area contributed by atoms with E-state index in [0.29, 0.717) is 18.6 Å². The predicted molar refractivity (Wildman–Crippen MR) is 98.8 cm³/mol. The molecule has 0 spiro atoms. The van der Waals surface area contributed by atoms with Gasteiger partial charge in [0.15, 0.2) is 0 Å². The van der Waals surface area contributed by atoms with Gasteiger partial charge in [0.25, 0.3) is 0 Å². The van der Waals surface area contributed by atoms with Crippen molar-refractivity contribution in [3.05, 3.63) is 0 Å². The normalized spacial score (nSPS) is 15.8. The van der Waals surface area contributed by atoms with E-state index in [1.165, 1.54) is 25.7 Å². The molecule has 3 atom stereocenters. The van der Waals surface area contributed by atoms with Crippen molar-refractivity contribution in [2.75, 3.05) is 6.54 Å². The van der Waals surface area contributed by atoms with Gasteiger partial charge < -0.3 is 15.4 Å². The van der Waals surface area contributed by atoms with Gasteiger partial charge in [0.05, 0.1) is 0 Å². The van der Waals surface area contributed by atoms with Gasteiger partial charge in [-0.2, -0.15) is 0 Å². The molecule has 0 aliphatic heterocycles. The molecule has 1 amide bonds. The largest absolute Gasteiger partial charge is 0.444 e. The highest BCUT2D eigenvalue weighted by Gasteiger charge is 2.19. The fourth-order valence-corrected chi connectivity index (χ4v) is 2.55. The molecule has 0 aromatic rings. The Labute approximate surface area is 144 Å². The molecule has 0 heterocycles. The number of amides is 1. The van der Waals surface area contributed by atoms with Gasteiger partial charge >= 0.3 is 6.09 Å². The highest BCUT2D eigenvalue weighted by atomic mass is 16.6. The lowest BCUT2D eigenvalue weighted by atomic mass is 9.96. The Morgan fingerprint density at radius 3 is 2.22 bits per heavy atom. The van der Waals surface area contributed by atoms with Crippen molar-refractivity contribution >= 4 is 6.09 Å². The summed E-state index contributed by atoms with van der Waals surface area (Å²) >= 11 is 0. The number of nitrogens with one attached hydrogen (secondary N) is 2. The molecule has 3 unspecified atom stereocenters. The van der Waals surface area contributed by atoms with Crippen LogP contribution in [0.15, 0.2) is 0 Å². The number of ether oxygens (including phenoxy) is 1. The van der Waals surface area contributed by atoms with Crippen molar-refractivity contribution in [2.24, 2.45) is 5.92 Å². The SMILES string of the molecule is CCCCC(CNC(=O)OC(C)(C)C)NC(CC)CC(C)CC. The first-order valence-electron chi connectivity index (χ1n) is 9.44. The Morgan fingerprint density at radius 1 is 1.09 bits per heavy atom. The molecule has 0 saturated heterocycles. The molecule has 4 nitrogen and oxygen atoms in total. The minimum absolute atomic E-state index is 0.316. The van der Waals surface area contributed by atoms with Crippen LogP contribution in [0.2, 0.25) is 0 Å². The van der Waals surface area contributed by atoms with Crippen molar-refractivity contribution < 1.29 is 9.53 Å². The van der Waals surface area contributed by atoms with Gasteiger partial charge in [-0.3, -0.25) is 0 Å². The number of unbranched alkanes of at least 4 members (excludes halogenated alkanes) is 1. The van der Waals surface area contributed by atoms with E-state index < -0.39 is 5.60 Å². The molecule has 0 fully saturated rings. The van der Waals surface area contributed by atoms with Crippen molar-refractivity contribution in [3.63, 3.8) is 0 Å². The summed E-state index contributed by atoms with van der Waals surface area (Å²) in [6, 6.07) is 0.837. The van der Waals surface area contributed by atoms with Crippen LogP contribution in [0.1, 0.15) is 87.0 Å². The molecule has 0 aromatic heterocycles. The van der Waals surface area contributed by atoms with Gasteiger partial charge in [-0.15, -0.1) is 0 Å². The van der Waals surface area contributed by atoms with Crippen LogP contribution in [-0.2, 0) is 4.74 Å². The lowest BCUT2D eigenvalue weighted by Gasteiger charge is -2.28. The maximum absolute atomic E-state index is 11.9. The van der Waals surface area contributed by atoms with E-state index in [9.17, 15) is 4.79 Å². The lowest BCUT2D eigenvalue weighted by Crippen LogP contribution is -2.46. The fraction of sp³-hybridized carbons (Fsp3) is 0.947. The zero-order valence-electron chi connectivity index (χ0n) is 16.5. The maximum Gasteiger partial charge on any atom is 0.407 e. The Kier molecular flexibility index (Phi) is 11.3. The number of alkyl carbamates (subject to hydrolysis) is 1. The molecule has 0 saturated carbocycles. The Bertz CT molecular complexity index is 313. The molecule has 4 heteroatoms. The quantitative estimate of drug-likeness (QED) is 0.568. The van der Waals surface area contributed by atoms with Crippen molar-refractivity contribution in [2.45, 2.75) is 105 Å². The van der Waals surface area contributed by atoms with E-state index in [4.69, 9.17) is 4.74 Å².